The summed E-state index contributed by atoms with van der Waals surface area (Å²) >= 11 is 13.3. The van der Waals surface area contributed by atoms with E-state index >= 15 is 0 Å². The van der Waals surface area contributed by atoms with Crippen molar-refractivity contribution in [2.75, 3.05) is 5.88 Å². The number of rotatable bonds is 4. The third kappa shape index (κ3) is 3.37. The molecule has 0 aliphatic rings. The first kappa shape index (κ1) is 14.1. The van der Waals surface area contributed by atoms with Crippen LogP contribution < -0.4 is 0 Å². The Morgan fingerprint density at radius 3 is 2.11 bits per heavy atom. The molecule has 0 aliphatic carbocycles. The van der Waals surface area contributed by atoms with Gasteiger partial charge in [-0.2, -0.15) is 0 Å². The highest BCUT2D eigenvalue weighted by Gasteiger charge is 2.15. The molecule has 0 saturated carbocycles. The molecule has 0 radical (unpaired) electrons. The summed E-state index contributed by atoms with van der Waals surface area (Å²) in [4.78, 5) is 0. The molecule has 0 bridgehead atoms. The zero-order valence-corrected chi connectivity index (χ0v) is 13.7. The fourth-order valence-corrected chi connectivity index (χ4v) is 3.31. The summed E-state index contributed by atoms with van der Waals surface area (Å²) in [5.74, 6) is 0.935. The van der Waals surface area contributed by atoms with Crippen LogP contribution in [0.15, 0.2) is 57.5 Å². The van der Waals surface area contributed by atoms with Crippen molar-refractivity contribution in [2.24, 2.45) is 0 Å². The predicted octanol–water partition coefficient (Wildman–Crippen LogP) is 5.78. The van der Waals surface area contributed by atoms with Gasteiger partial charge in [0.25, 0.3) is 0 Å². The molecule has 1 atom stereocenters. The number of halogens is 3. The molecule has 94 valence electrons. The lowest BCUT2D eigenvalue weighted by Crippen LogP contribution is -2.06. The second-order valence-corrected chi connectivity index (χ2v) is 6.19. The molecule has 1 unspecified atom stereocenters. The topological polar surface area (TPSA) is 0 Å². The molecular weight excluding hydrogens is 375 g/mol. The van der Waals surface area contributed by atoms with Gasteiger partial charge in [-0.3, -0.25) is 0 Å². The van der Waals surface area contributed by atoms with Gasteiger partial charge in [-0.15, -0.1) is 11.6 Å². The molecule has 0 saturated heterocycles. The largest absolute Gasteiger partial charge is 0.126 e. The summed E-state index contributed by atoms with van der Waals surface area (Å²) in [6.07, 6.45) is 0.938. The fraction of sp³-hybridized carbons (Fsp3) is 0.200. The maximum Gasteiger partial charge on any atom is 0.0295 e. The van der Waals surface area contributed by atoms with E-state index in [1.807, 2.05) is 12.1 Å². The monoisotopic (exact) mass is 386 g/mol. The van der Waals surface area contributed by atoms with Gasteiger partial charge in [0.1, 0.15) is 0 Å². The van der Waals surface area contributed by atoms with Gasteiger partial charge in [-0.25, -0.2) is 0 Å². The first-order valence-corrected chi connectivity index (χ1v) is 7.88. The minimum atomic E-state index is 0.320. The Balaban J connectivity index is 2.26. The summed E-state index contributed by atoms with van der Waals surface area (Å²) in [6.45, 7) is 0. The second kappa shape index (κ2) is 6.74. The number of hydrogen-bond donors (Lipinski definition) is 0. The zero-order valence-electron chi connectivity index (χ0n) is 9.74. The number of alkyl halides is 1. The Morgan fingerprint density at radius 2 is 1.50 bits per heavy atom. The molecule has 2 rings (SSSR count). The van der Waals surface area contributed by atoms with Crippen molar-refractivity contribution in [1.82, 2.24) is 0 Å². The molecule has 3 heteroatoms. The Hall–Kier alpha value is -0.310. The molecule has 2 aromatic rings. The van der Waals surface area contributed by atoms with E-state index in [4.69, 9.17) is 11.6 Å². The lowest BCUT2D eigenvalue weighted by Gasteiger charge is -2.17. The van der Waals surface area contributed by atoms with Crippen molar-refractivity contribution in [3.05, 3.63) is 68.6 Å². The van der Waals surface area contributed by atoms with Crippen LogP contribution in [0.4, 0.5) is 0 Å². The van der Waals surface area contributed by atoms with Crippen LogP contribution in [0.1, 0.15) is 17.0 Å². The molecule has 0 aliphatic heterocycles. The average molecular weight is 389 g/mol. The molecule has 0 amide bonds. The third-order valence-corrected chi connectivity index (χ3v) is 4.82. The van der Waals surface area contributed by atoms with Gasteiger partial charge < -0.3 is 0 Å². The van der Waals surface area contributed by atoms with Crippen LogP contribution >= 0.6 is 43.5 Å². The lowest BCUT2D eigenvalue weighted by molar-refractivity contribution is 0.760. The first-order valence-electron chi connectivity index (χ1n) is 5.76. The van der Waals surface area contributed by atoms with Gasteiger partial charge in [0.05, 0.1) is 0 Å². The normalized spacial score (nSPS) is 12.4. The van der Waals surface area contributed by atoms with Crippen LogP contribution in [0, 0.1) is 0 Å². The second-order valence-electron chi connectivity index (χ2n) is 4.17. The summed E-state index contributed by atoms with van der Waals surface area (Å²) in [6, 6.07) is 16.6. The predicted molar refractivity (Wildman–Crippen MR) is 85.4 cm³/mol. The maximum absolute atomic E-state index is 6.14. The quantitative estimate of drug-likeness (QED) is 0.583. The summed E-state index contributed by atoms with van der Waals surface area (Å²) in [7, 11) is 0. The zero-order chi connectivity index (χ0) is 13.0. The Kier molecular flexibility index (Phi) is 5.28. The number of hydrogen-bond acceptors (Lipinski definition) is 0. The highest BCUT2D eigenvalue weighted by molar-refractivity contribution is 9.10. The van der Waals surface area contributed by atoms with E-state index in [1.54, 1.807) is 0 Å². The van der Waals surface area contributed by atoms with Crippen LogP contribution in [0.25, 0.3) is 0 Å². The molecule has 0 nitrogen and oxygen atoms in total. The molecule has 0 fully saturated rings. The average Bonchev–Trinajstić information content (AvgIpc) is 2.39. The van der Waals surface area contributed by atoms with E-state index < -0.39 is 0 Å². The van der Waals surface area contributed by atoms with Crippen LogP contribution in [-0.2, 0) is 6.42 Å². The van der Waals surface area contributed by atoms with Crippen LogP contribution in [0.2, 0.25) is 0 Å². The molecule has 0 heterocycles. The van der Waals surface area contributed by atoms with Crippen LogP contribution in [0.3, 0.4) is 0 Å². The van der Waals surface area contributed by atoms with Crippen molar-refractivity contribution in [3.63, 3.8) is 0 Å². The molecule has 18 heavy (non-hydrogen) atoms. The van der Waals surface area contributed by atoms with Gasteiger partial charge in [0.2, 0.25) is 0 Å². The van der Waals surface area contributed by atoms with Crippen molar-refractivity contribution >= 4 is 43.5 Å². The van der Waals surface area contributed by atoms with E-state index in [0.29, 0.717) is 11.8 Å². The van der Waals surface area contributed by atoms with E-state index in [9.17, 15) is 0 Å². The third-order valence-electron chi connectivity index (χ3n) is 2.96. The van der Waals surface area contributed by atoms with Crippen LogP contribution in [-0.4, -0.2) is 5.88 Å². The van der Waals surface area contributed by atoms with E-state index in [0.717, 1.165) is 15.4 Å². The molecule has 0 N–H and O–H groups in total. The maximum atomic E-state index is 6.14. The van der Waals surface area contributed by atoms with Crippen molar-refractivity contribution < 1.29 is 0 Å². The summed E-state index contributed by atoms with van der Waals surface area (Å²) in [5.41, 5.74) is 2.56. The number of benzene rings is 2. The summed E-state index contributed by atoms with van der Waals surface area (Å²) in [5, 5.41) is 0. The first-order chi connectivity index (χ1) is 8.72. The van der Waals surface area contributed by atoms with E-state index in [2.05, 4.69) is 68.3 Å². The van der Waals surface area contributed by atoms with Gasteiger partial charge in [-0.05, 0) is 29.7 Å². The fourth-order valence-electron chi connectivity index (χ4n) is 1.98. The van der Waals surface area contributed by atoms with Crippen molar-refractivity contribution in [2.45, 2.75) is 12.3 Å². The van der Waals surface area contributed by atoms with Gasteiger partial charge in [0.15, 0.2) is 0 Å². The van der Waals surface area contributed by atoms with E-state index in [1.165, 1.54) is 11.1 Å². The van der Waals surface area contributed by atoms with Crippen molar-refractivity contribution in [3.8, 4) is 0 Å². The minimum absolute atomic E-state index is 0.320. The standard InChI is InChI=1S/C15H13Br2Cl/c16-14-7-3-1-5-11(14)9-12(10-18)13-6-2-4-8-15(13)17/h1-8,12H,9-10H2. The lowest BCUT2D eigenvalue weighted by atomic mass is 9.94. The van der Waals surface area contributed by atoms with Crippen molar-refractivity contribution in [1.29, 1.82) is 0 Å². The Bertz CT molecular complexity index is 525. The van der Waals surface area contributed by atoms with Gasteiger partial charge in [-0.1, -0.05) is 68.3 Å². The van der Waals surface area contributed by atoms with E-state index in [-0.39, 0.29) is 0 Å². The van der Waals surface area contributed by atoms with Gasteiger partial charge in [0, 0.05) is 20.7 Å². The molecular formula is C15H13Br2Cl. The van der Waals surface area contributed by atoms with Gasteiger partial charge >= 0.3 is 0 Å². The molecule has 0 aromatic heterocycles. The minimum Gasteiger partial charge on any atom is -0.126 e. The summed E-state index contributed by atoms with van der Waals surface area (Å²) < 4.78 is 2.27. The smallest absolute Gasteiger partial charge is 0.0295 e. The Morgan fingerprint density at radius 1 is 0.889 bits per heavy atom. The highest BCUT2D eigenvalue weighted by atomic mass is 79.9. The SMILES string of the molecule is ClCC(Cc1ccccc1Br)c1ccccc1Br. The Labute approximate surface area is 130 Å². The van der Waals surface area contributed by atoms with Crippen LogP contribution in [0.5, 0.6) is 0 Å². The molecule has 2 aromatic carbocycles. The highest BCUT2D eigenvalue weighted by Crippen LogP contribution is 2.30. The molecule has 0 spiro atoms.